The number of amides is 1. The molecule has 1 saturated carbocycles. The number of aromatic nitrogens is 1. The van der Waals surface area contributed by atoms with E-state index in [1.807, 2.05) is 0 Å². The fourth-order valence-corrected chi connectivity index (χ4v) is 5.23. The van der Waals surface area contributed by atoms with Crippen molar-refractivity contribution in [3.63, 3.8) is 0 Å². The summed E-state index contributed by atoms with van der Waals surface area (Å²) in [6, 6.07) is 12.8. The van der Waals surface area contributed by atoms with Gasteiger partial charge in [0.15, 0.2) is 0 Å². The van der Waals surface area contributed by atoms with Crippen LogP contribution >= 0.6 is 0 Å². The molecular weight excluding hydrogens is 469 g/mol. The zero-order valence-electron chi connectivity index (χ0n) is 20.5. The molecule has 0 unspecified atom stereocenters. The second-order valence-corrected chi connectivity index (χ2v) is 9.70. The van der Waals surface area contributed by atoms with Crippen molar-refractivity contribution >= 4 is 23.2 Å². The Morgan fingerprint density at radius 2 is 1.64 bits per heavy atom. The van der Waals surface area contributed by atoms with E-state index in [4.69, 9.17) is 0 Å². The molecule has 0 saturated heterocycles. The zero-order valence-corrected chi connectivity index (χ0v) is 20.5. The first-order valence-corrected chi connectivity index (χ1v) is 11.6. The Hall–Kier alpha value is -3.68. The minimum atomic E-state index is -2.89. The molecule has 1 aliphatic rings. The van der Waals surface area contributed by atoms with Crippen LogP contribution in [0.2, 0.25) is 0 Å². The van der Waals surface area contributed by atoms with Crippen LogP contribution in [0.4, 0.5) is 18.9 Å². The molecule has 4 rings (SSSR count). The molecule has 0 spiro atoms. The maximum Gasteiger partial charge on any atom is 0.272 e. The van der Waals surface area contributed by atoms with Gasteiger partial charge in [-0.25, -0.2) is 13.2 Å². The van der Waals surface area contributed by atoms with E-state index in [1.54, 1.807) is 58.2 Å². The van der Waals surface area contributed by atoms with Crippen molar-refractivity contribution in [2.45, 2.75) is 51.4 Å². The molecular formula is C28H27F3N2O3. The van der Waals surface area contributed by atoms with Crippen molar-refractivity contribution in [2.75, 3.05) is 5.32 Å². The molecule has 36 heavy (non-hydrogen) atoms. The molecule has 5 nitrogen and oxygen atoms in total. The third-order valence-corrected chi connectivity index (χ3v) is 7.12. The van der Waals surface area contributed by atoms with Crippen LogP contribution in [0.3, 0.4) is 0 Å². The Balaban J connectivity index is 1.60. The van der Waals surface area contributed by atoms with Gasteiger partial charge in [0, 0.05) is 43.1 Å². The van der Waals surface area contributed by atoms with Gasteiger partial charge in [-0.1, -0.05) is 30.3 Å². The number of benzene rings is 2. The van der Waals surface area contributed by atoms with Crippen molar-refractivity contribution in [2.24, 2.45) is 7.05 Å². The summed E-state index contributed by atoms with van der Waals surface area (Å²) in [5, 5.41) is 2.70. The molecule has 0 bridgehead atoms. The summed E-state index contributed by atoms with van der Waals surface area (Å²) < 4.78 is 43.0. The summed E-state index contributed by atoms with van der Waals surface area (Å²) in [5.74, 6) is -5.38. The number of anilines is 1. The second-order valence-electron chi connectivity index (χ2n) is 9.70. The first kappa shape index (κ1) is 25.4. The molecule has 0 aliphatic heterocycles. The number of carbonyl (C=O) groups is 3. The van der Waals surface area contributed by atoms with Gasteiger partial charge in [0.05, 0.1) is 5.56 Å². The van der Waals surface area contributed by atoms with Crippen molar-refractivity contribution in [3.05, 3.63) is 88.0 Å². The second kappa shape index (κ2) is 9.08. The highest BCUT2D eigenvalue weighted by Gasteiger charge is 2.58. The molecule has 0 radical (unpaired) electrons. The molecule has 2 aromatic carbocycles. The van der Waals surface area contributed by atoms with Crippen LogP contribution in [-0.2, 0) is 17.3 Å². The highest BCUT2D eigenvalue weighted by molar-refractivity contribution is 6.44. The quantitative estimate of drug-likeness (QED) is 0.330. The van der Waals surface area contributed by atoms with E-state index < -0.39 is 47.5 Å². The summed E-state index contributed by atoms with van der Waals surface area (Å²) in [5.41, 5.74) is 1.26. The van der Waals surface area contributed by atoms with Gasteiger partial charge in [-0.15, -0.1) is 0 Å². The molecule has 188 valence electrons. The zero-order chi connectivity index (χ0) is 26.4. The van der Waals surface area contributed by atoms with Gasteiger partial charge in [0.1, 0.15) is 11.5 Å². The Bertz CT molecular complexity index is 1370. The fraction of sp³-hybridized carbons (Fsp3) is 0.321. The number of hydrogen-bond acceptors (Lipinski definition) is 3. The predicted octanol–water partition coefficient (Wildman–Crippen LogP) is 5.85. The molecule has 1 amide bonds. The standard InChI is InChI=1S/C28H27F3N2O3/c1-16-12-20(10-11-21(16)29)32-26(36)24-17(2)23(18(3)33(24)4)25(35)22(34)13-27(14-28(30,31)15-27)19-8-6-5-7-9-19/h5-12H,13-15H2,1-4H3,(H,32,36). The van der Waals surface area contributed by atoms with Crippen molar-refractivity contribution in [1.82, 2.24) is 4.57 Å². The normalized spacial score (nSPS) is 15.8. The largest absolute Gasteiger partial charge is 0.343 e. The molecule has 0 atom stereocenters. The minimum absolute atomic E-state index is 0.0947. The topological polar surface area (TPSA) is 68.2 Å². The van der Waals surface area contributed by atoms with E-state index in [2.05, 4.69) is 5.32 Å². The average molecular weight is 497 g/mol. The van der Waals surface area contributed by atoms with Crippen molar-refractivity contribution in [1.29, 1.82) is 0 Å². The van der Waals surface area contributed by atoms with Crippen LogP contribution in [0.25, 0.3) is 0 Å². The monoisotopic (exact) mass is 496 g/mol. The van der Waals surface area contributed by atoms with E-state index in [9.17, 15) is 27.6 Å². The molecule has 1 aliphatic carbocycles. The predicted molar refractivity (Wildman–Crippen MR) is 130 cm³/mol. The summed E-state index contributed by atoms with van der Waals surface area (Å²) >= 11 is 0. The van der Waals surface area contributed by atoms with E-state index >= 15 is 0 Å². The number of hydrogen-bond donors (Lipinski definition) is 1. The van der Waals surface area contributed by atoms with E-state index in [0.29, 0.717) is 28.1 Å². The van der Waals surface area contributed by atoms with Crippen LogP contribution < -0.4 is 5.32 Å². The van der Waals surface area contributed by atoms with Crippen LogP contribution in [0.1, 0.15) is 62.5 Å². The van der Waals surface area contributed by atoms with E-state index in [1.165, 1.54) is 22.8 Å². The lowest BCUT2D eigenvalue weighted by Crippen LogP contribution is -2.51. The van der Waals surface area contributed by atoms with Gasteiger partial charge < -0.3 is 9.88 Å². The van der Waals surface area contributed by atoms with Gasteiger partial charge in [0.2, 0.25) is 17.5 Å². The number of nitrogens with zero attached hydrogens (tertiary/aromatic N) is 1. The van der Waals surface area contributed by atoms with Crippen LogP contribution in [-0.4, -0.2) is 28.0 Å². The third-order valence-electron chi connectivity index (χ3n) is 7.12. The van der Waals surface area contributed by atoms with Crippen molar-refractivity contribution < 1.29 is 27.6 Å². The highest BCUT2D eigenvalue weighted by Crippen LogP contribution is 2.55. The lowest BCUT2D eigenvalue weighted by Gasteiger charge is -2.47. The number of carbonyl (C=O) groups excluding carboxylic acids is 3. The number of Topliss-reactive ketones (excluding diaryl/α,β-unsaturated/α-hetero) is 2. The summed E-state index contributed by atoms with van der Waals surface area (Å²) in [7, 11) is 1.60. The highest BCUT2D eigenvalue weighted by atomic mass is 19.3. The number of rotatable bonds is 7. The van der Waals surface area contributed by atoms with Crippen molar-refractivity contribution in [3.8, 4) is 0 Å². The Kier molecular flexibility index (Phi) is 6.41. The first-order valence-electron chi connectivity index (χ1n) is 11.6. The summed E-state index contributed by atoms with van der Waals surface area (Å²) in [6.45, 7) is 4.77. The number of aryl methyl sites for hydroxylation is 1. The van der Waals surface area contributed by atoms with Gasteiger partial charge in [-0.3, -0.25) is 14.4 Å². The molecule has 1 fully saturated rings. The van der Waals surface area contributed by atoms with Crippen LogP contribution in [0.5, 0.6) is 0 Å². The lowest BCUT2D eigenvalue weighted by atomic mass is 9.59. The average Bonchev–Trinajstić information content (AvgIpc) is 3.02. The lowest BCUT2D eigenvalue weighted by molar-refractivity contribution is -0.138. The number of halogens is 3. The summed E-state index contributed by atoms with van der Waals surface area (Å²) in [4.78, 5) is 39.5. The third kappa shape index (κ3) is 4.47. The minimum Gasteiger partial charge on any atom is -0.343 e. The molecule has 1 aromatic heterocycles. The first-order chi connectivity index (χ1) is 16.8. The summed E-state index contributed by atoms with van der Waals surface area (Å²) in [6.07, 6.45) is -1.34. The number of ketones is 2. The Morgan fingerprint density at radius 3 is 2.22 bits per heavy atom. The fourth-order valence-electron chi connectivity index (χ4n) is 5.23. The van der Waals surface area contributed by atoms with Gasteiger partial charge in [-0.2, -0.15) is 0 Å². The van der Waals surface area contributed by atoms with Crippen LogP contribution in [0.15, 0.2) is 48.5 Å². The van der Waals surface area contributed by atoms with Gasteiger partial charge in [-0.05, 0) is 55.7 Å². The van der Waals surface area contributed by atoms with Crippen LogP contribution in [0, 0.1) is 26.6 Å². The number of nitrogens with one attached hydrogen (secondary N) is 1. The maximum atomic E-state index is 13.9. The van der Waals surface area contributed by atoms with Gasteiger partial charge in [0.25, 0.3) is 5.91 Å². The molecule has 3 aromatic rings. The Morgan fingerprint density at radius 1 is 1.00 bits per heavy atom. The van der Waals surface area contributed by atoms with E-state index in [-0.39, 0.29) is 17.7 Å². The maximum absolute atomic E-state index is 13.9. The molecule has 1 N–H and O–H groups in total. The molecule has 1 heterocycles. The Labute approximate surface area is 207 Å². The smallest absolute Gasteiger partial charge is 0.272 e. The van der Waals surface area contributed by atoms with Gasteiger partial charge >= 0.3 is 0 Å². The number of alkyl halides is 2. The van der Waals surface area contributed by atoms with E-state index in [0.717, 1.165) is 0 Å². The molecule has 8 heteroatoms. The SMILES string of the molecule is Cc1cc(NC(=O)c2c(C)c(C(=O)C(=O)CC3(c4ccccc4)CC(F)(F)C3)c(C)n2C)ccc1F.